The number of sulfone groups is 1. The van der Waals surface area contributed by atoms with Crippen LogP contribution in [0.15, 0.2) is 48.7 Å². The van der Waals surface area contributed by atoms with Crippen LogP contribution in [-0.2, 0) is 21.1 Å². The number of ketones is 1. The second-order valence-corrected chi connectivity index (χ2v) is 11.5. The summed E-state index contributed by atoms with van der Waals surface area (Å²) in [6.45, 7) is 4.74. The van der Waals surface area contributed by atoms with Gasteiger partial charge in [0.2, 0.25) is 5.91 Å². The molecule has 178 valence electrons. The third-order valence-electron chi connectivity index (χ3n) is 5.91. The van der Waals surface area contributed by atoms with Crippen LogP contribution < -0.4 is 10.6 Å². The van der Waals surface area contributed by atoms with Crippen LogP contribution in [0, 0.1) is 5.92 Å². The van der Waals surface area contributed by atoms with E-state index in [0.717, 1.165) is 11.3 Å². The lowest BCUT2D eigenvalue weighted by molar-refractivity contribution is -0.114. The quantitative estimate of drug-likeness (QED) is 0.462. The summed E-state index contributed by atoms with van der Waals surface area (Å²) in [5.74, 6) is -0.232. The van der Waals surface area contributed by atoms with Crippen molar-refractivity contribution in [3.05, 3.63) is 59.9 Å². The molecule has 2 heterocycles. The van der Waals surface area contributed by atoms with E-state index in [2.05, 4.69) is 20.6 Å². The zero-order valence-corrected chi connectivity index (χ0v) is 20.2. The number of amides is 1. The molecular weight excluding hydrogens is 452 g/mol. The molecule has 0 aliphatic heterocycles. The van der Waals surface area contributed by atoms with Crippen LogP contribution in [0.2, 0.25) is 0 Å². The fourth-order valence-corrected chi connectivity index (χ4v) is 5.50. The van der Waals surface area contributed by atoms with Gasteiger partial charge < -0.3 is 15.6 Å². The van der Waals surface area contributed by atoms with Gasteiger partial charge in [-0.15, -0.1) is 0 Å². The zero-order chi connectivity index (χ0) is 24.5. The maximum absolute atomic E-state index is 13.3. The first-order chi connectivity index (χ1) is 16.1. The minimum absolute atomic E-state index is 0.0203. The van der Waals surface area contributed by atoms with E-state index in [-0.39, 0.29) is 29.8 Å². The van der Waals surface area contributed by atoms with Crippen LogP contribution in [-0.4, -0.2) is 41.1 Å². The normalized spacial score (nSPS) is 15.8. The number of hydrogen-bond acceptors (Lipinski definition) is 6. The predicted molar refractivity (Wildman–Crippen MR) is 133 cm³/mol. The van der Waals surface area contributed by atoms with Gasteiger partial charge in [-0.3, -0.25) is 9.59 Å². The molecule has 4 rings (SSSR count). The molecule has 1 aliphatic rings. The van der Waals surface area contributed by atoms with Crippen molar-refractivity contribution in [3.63, 3.8) is 0 Å². The minimum Gasteiger partial charge on any atom is -0.356 e. The van der Waals surface area contributed by atoms with Crippen LogP contribution in [0.3, 0.4) is 0 Å². The maximum atomic E-state index is 13.3. The molecule has 0 fully saturated rings. The number of nitrogens with one attached hydrogen (secondary N) is 3. The molecule has 0 bridgehead atoms. The smallest absolute Gasteiger partial charge is 0.222 e. The number of benzene rings is 1. The molecule has 3 aromatic rings. The monoisotopic (exact) mass is 480 g/mol. The van der Waals surface area contributed by atoms with E-state index in [1.807, 2.05) is 30.3 Å². The van der Waals surface area contributed by atoms with Crippen LogP contribution in [0.1, 0.15) is 43.2 Å². The average molecular weight is 481 g/mol. The maximum Gasteiger partial charge on any atom is 0.222 e. The van der Waals surface area contributed by atoms with E-state index in [4.69, 9.17) is 0 Å². The number of H-pyrrole nitrogens is 1. The number of nitrogens with zero attached hydrogens (tertiary/aromatic N) is 1. The van der Waals surface area contributed by atoms with Crippen molar-refractivity contribution in [1.29, 1.82) is 0 Å². The SMILES string of the molecule is CC(=O)Nc1cc(-c2[nH]c3c(c2Nc2ccccc2)C(=O)CC(CS(=O)(=O)C(C)C)C3)ccn1. The van der Waals surface area contributed by atoms with Gasteiger partial charge in [0, 0.05) is 36.5 Å². The Balaban J connectivity index is 1.78. The molecule has 1 unspecified atom stereocenters. The van der Waals surface area contributed by atoms with Gasteiger partial charge in [-0.2, -0.15) is 0 Å². The summed E-state index contributed by atoms with van der Waals surface area (Å²) >= 11 is 0. The van der Waals surface area contributed by atoms with E-state index in [1.54, 1.807) is 32.2 Å². The molecular formula is C25H28N4O4S. The number of rotatable bonds is 7. The molecule has 34 heavy (non-hydrogen) atoms. The Morgan fingerprint density at radius 2 is 1.91 bits per heavy atom. The number of para-hydroxylation sites is 1. The van der Waals surface area contributed by atoms with Crippen molar-refractivity contribution in [2.75, 3.05) is 16.4 Å². The van der Waals surface area contributed by atoms with Gasteiger partial charge in [-0.05, 0) is 50.5 Å². The molecule has 0 saturated carbocycles. The second kappa shape index (κ2) is 9.42. The molecule has 0 spiro atoms. The molecule has 9 heteroatoms. The van der Waals surface area contributed by atoms with Crippen molar-refractivity contribution < 1.29 is 18.0 Å². The van der Waals surface area contributed by atoms with Crippen molar-refractivity contribution in [2.45, 2.75) is 38.9 Å². The highest BCUT2D eigenvalue weighted by Crippen LogP contribution is 2.40. The summed E-state index contributed by atoms with van der Waals surface area (Å²) < 4.78 is 25.0. The first kappa shape index (κ1) is 23.7. The van der Waals surface area contributed by atoms with Gasteiger partial charge in [0.1, 0.15) is 5.82 Å². The lowest BCUT2D eigenvalue weighted by Crippen LogP contribution is -2.29. The van der Waals surface area contributed by atoms with Crippen LogP contribution in [0.5, 0.6) is 0 Å². The van der Waals surface area contributed by atoms with Crippen molar-refractivity contribution in [1.82, 2.24) is 9.97 Å². The summed E-state index contributed by atoms with van der Waals surface area (Å²) in [6.07, 6.45) is 2.22. The Morgan fingerprint density at radius 1 is 1.18 bits per heavy atom. The molecule has 1 aliphatic carbocycles. The lowest BCUT2D eigenvalue weighted by Gasteiger charge is -2.23. The third-order valence-corrected chi connectivity index (χ3v) is 8.28. The standard InChI is InChI=1S/C25H28N4O4S/c1-15(2)34(32,33)14-17-11-20-23(21(31)12-17)25(28-19-7-5-4-6-8-19)24(29-20)18-9-10-26-22(13-18)27-16(3)30/h4-10,13,15,17,28-29H,11-12,14H2,1-3H3,(H,26,27,30). The number of fused-ring (bicyclic) bond motifs is 1. The van der Waals surface area contributed by atoms with Gasteiger partial charge in [0.15, 0.2) is 15.6 Å². The number of carbonyl (C=O) groups excluding carboxylic acids is 2. The van der Waals surface area contributed by atoms with Crippen molar-refractivity contribution >= 4 is 38.7 Å². The molecule has 3 N–H and O–H groups in total. The van der Waals surface area contributed by atoms with Gasteiger partial charge in [-0.25, -0.2) is 13.4 Å². The second-order valence-electron chi connectivity index (χ2n) is 8.91. The summed E-state index contributed by atoms with van der Waals surface area (Å²) in [5.41, 5.74) is 4.14. The zero-order valence-electron chi connectivity index (χ0n) is 19.4. The van der Waals surface area contributed by atoms with Crippen LogP contribution in [0.4, 0.5) is 17.2 Å². The Bertz CT molecular complexity index is 1330. The highest BCUT2D eigenvalue weighted by Gasteiger charge is 2.34. The Kier molecular flexibility index (Phi) is 6.56. The number of carbonyl (C=O) groups is 2. The van der Waals surface area contributed by atoms with Gasteiger partial charge in [0.05, 0.1) is 27.9 Å². The van der Waals surface area contributed by atoms with Gasteiger partial charge in [-0.1, -0.05) is 18.2 Å². The highest BCUT2D eigenvalue weighted by atomic mass is 32.2. The third kappa shape index (κ3) is 5.04. The molecule has 0 saturated heterocycles. The van der Waals surface area contributed by atoms with E-state index >= 15 is 0 Å². The van der Waals surface area contributed by atoms with Gasteiger partial charge >= 0.3 is 0 Å². The number of pyridine rings is 1. The number of anilines is 3. The molecule has 1 aromatic carbocycles. The van der Waals surface area contributed by atoms with E-state index in [9.17, 15) is 18.0 Å². The van der Waals surface area contributed by atoms with Crippen LogP contribution >= 0.6 is 0 Å². The van der Waals surface area contributed by atoms with Crippen LogP contribution in [0.25, 0.3) is 11.3 Å². The largest absolute Gasteiger partial charge is 0.356 e. The van der Waals surface area contributed by atoms with E-state index in [1.165, 1.54) is 6.92 Å². The summed E-state index contributed by atoms with van der Waals surface area (Å²) in [7, 11) is -3.28. The number of Topliss-reactive ketones (excluding diaryl/α,β-unsaturated/α-hetero) is 1. The Hall–Kier alpha value is -3.46. The van der Waals surface area contributed by atoms with Crippen molar-refractivity contribution in [2.24, 2.45) is 5.92 Å². The average Bonchev–Trinajstić information content (AvgIpc) is 3.12. The highest BCUT2D eigenvalue weighted by molar-refractivity contribution is 7.91. The minimum atomic E-state index is -3.28. The topological polar surface area (TPSA) is 121 Å². The lowest BCUT2D eigenvalue weighted by atomic mass is 9.87. The molecule has 2 aromatic heterocycles. The fraction of sp³-hybridized carbons (Fsp3) is 0.320. The Labute approximate surface area is 199 Å². The summed E-state index contributed by atoms with van der Waals surface area (Å²) in [6, 6.07) is 13.1. The van der Waals surface area contributed by atoms with Gasteiger partial charge in [0.25, 0.3) is 0 Å². The predicted octanol–water partition coefficient (Wildman–Crippen LogP) is 4.35. The van der Waals surface area contributed by atoms with E-state index < -0.39 is 15.1 Å². The Morgan fingerprint density at radius 3 is 2.59 bits per heavy atom. The number of hydrogen-bond donors (Lipinski definition) is 3. The van der Waals surface area contributed by atoms with Crippen molar-refractivity contribution in [3.8, 4) is 11.3 Å². The number of aromatic nitrogens is 2. The molecule has 0 radical (unpaired) electrons. The molecule has 8 nitrogen and oxygen atoms in total. The molecule has 1 atom stereocenters. The summed E-state index contributed by atoms with van der Waals surface area (Å²) in [5, 5.41) is 5.57. The first-order valence-electron chi connectivity index (χ1n) is 11.2. The van der Waals surface area contributed by atoms with E-state index in [0.29, 0.717) is 34.9 Å². The first-order valence-corrected chi connectivity index (χ1v) is 12.9. The number of aromatic amines is 1. The fourth-order valence-electron chi connectivity index (χ4n) is 4.22. The molecule has 1 amide bonds. The summed E-state index contributed by atoms with van der Waals surface area (Å²) in [4.78, 5) is 32.4.